The molecule has 84 valence electrons. The average Bonchev–Trinajstić information content (AvgIpc) is 2.61. The van der Waals surface area contributed by atoms with Crippen molar-refractivity contribution in [2.75, 3.05) is 20.8 Å². The second-order valence-corrected chi connectivity index (χ2v) is 1.63. The van der Waals surface area contributed by atoms with Gasteiger partial charge in [0.1, 0.15) is 0 Å². The van der Waals surface area contributed by atoms with E-state index in [1.165, 1.54) is 0 Å². The maximum Gasteiger partial charge on any atom is 0.0778 e. The first-order valence-corrected chi connectivity index (χ1v) is 5.24. The molecule has 1 aliphatic heterocycles. The summed E-state index contributed by atoms with van der Waals surface area (Å²) in [6.45, 7) is 12.9. The summed E-state index contributed by atoms with van der Waals surface area (Å²) in [7, 11) is 3.94. The molecule has 0 aromatic rings. The summed E-state index contributed by atoms with van der Waals surface area (Å²) in [4.78, 5) is 0. The van der Waals surface area contributed by atoms with Crippen molar-refractivity contribution in [2.24, 2.45) is 0 Å². The molecule has 1 saturated heterocycles. The Morgan fingerprint density at radius 2 is 1.23 bits per heavy atom. The van der Waals surface area contributed by atoms with Crippen molar-refractivity contribution in [2.45, 2.75) is 41.5 Å². The highest BCUT2D eigenvalue weighted by atomic mass is 15.9. The number of hydrogen-bond acceptors (Lipinski definition) is 4. The topological polar surface area (TPSA) is 30.5 Å². The largest absolute Gasteiger partial charge is 0.227 e. The molecule has 1 rings (SSSR count). The number of hydrazine groups is 3. The summed E-state index contributed by atoms with van der Waals surface area (Å²) >= 11 is 0. The lowest BCUT2D eigenvalue weighted by atomic mass is 11.0. The minimum atomic E-state index is 0.872. The van der Waals surface area contributed by atoms with Crippen LogP contribution in [0.25, 0.3) is 0 Å². The normalized spacial score (nSPS) is 15.7. The maximum atomic E-state index is 2.92. The third-order valence-electron chi connectivity index (χ3n) is 1.06. The first kappa shape index (κ1) is 18.6. The highest BCUT2D eigenvalue weighted by Crippen LogP contribution is 1.85. The van der Waals surface area contributed by atoms with Gasteiger partial charge >= 0.3 is 0 Å². The van der Waals surface area contributed by atoms with Crippen LogP contribution in [0.4, 0.5) is 0 Å². The zero-order chi connectivity index (χ0) is 11.3. The number of nitrogens with one attached hydrogen (secondary N) is 2. The Morgan fingerprint density at radius 3 is 1.31 bits per heavy atom. The van der Waals surface area contributed by atoms with Crippen LogP contribution in [-0.4, -0.2) is 30.9 Å². The monoisotopic (exact) mass is 192 g/mol. The van der Waals surface area contributed by atoms with Crippen molar-refractivity contribution in [3.63, 3.8) is 0 Å². The van der Waals surface area contributed by atoms with Gasteiger partial charge in [0, 0.05) is 14.1 Å². The van der Waals surface area contributed by atoms with Gasteiger partial charge < -0.3 is 0 Å². The van der Waals surface area contributed by atoms with E-state index in [0.29, 0.717) is 0 Å². The molecule has 0 amide bonds. The Morgan fingerprint density at radius 1 is 0.846 bits per heavy atom. The van der Waals surface area contributed by atoms with Gasteiger partial charge in [-0.25, -0.2) is 10.4 Å². The summed E-state index contributed by atoms with van der Waals surface area (Å²) in [5.74, 6) is 0. The standard InChI is InChI=1S/C3H10N4.3C2H6/c1-6-3-4-5-7(6)2;3*1-2/h4-5H,3H2,1-2H3;3*1-2H3. The van der Waals surface area contributed by atoms with Crippen LogP contribution in [-0.2, 0) is 0 Å². The molecule has 1 fully saturated rings. The highest BCUT2D eigenvalue weighted by Gasteiger charge is 2.09. The Balaban J connectivity index is -0.000000144. The van der Waals surface area contributed by atoms with E-state index in [0.717, 1.165) is 6.67 Å². The number of nitrogens with zero attached hydrogens (tertiary/aromatic N) is 2. The van der Waals surface area contributed by atoms with Gasteiger partial charge in [0.05, 0.1) is 6.67 Å². The number of hydrogen-bond donors (Lipinski definition) is 2. The number of rotatable bonds is 0. The quantitative estimate of drug-likeness (QED) is 0.613. The van der Waals surface area contributed by atoms with Crippen LogP contribution in [0.2, 0.25) is 0 Å². The summed E-state index contributed by atoms with van der Waals surface area (Å²) in [5.41, 5.74) is 5.80. The van der Waals surface area contributed by atoms with Gasteiger partial charge in [-0.1, -0.05) is 41.5 Å². The van der Waals surface area contributed by atoms with Crippen molar-refractivity contribution >= 4 is 0 Å². The lowest BCUT2D eigenvalue weighted by Crippen LogP contribution is -2.37. The minimum absolute atomic E-state index is 0.872. The molecule has 0 unspecified atom stereocenters. The molecule has 0 spiro atoms. The molecule has 4 nitrogen and oxygen atoms in total. The van der Waals surface area contributed by atoms with Crippen molar-refractivity contribution in [3.8, 4) is 0 Å². The van der Waals surface area contributed by atoms with Gasteiger partial charge in [0.25, 0.3) is 0 Å². The molecule has 0 aromatic carbocycles. The minimum Gasteiger partial charge on any atom is -0.227 e. The molecule has 0 radical (unpaired) electrons. The molecule has 0 saturated carbocycles. The average molecular weight is 192 g/mol. The molecule has 1 heterocycles. The van der Waals surface area contributed by atoms with Crippen molar-refractivity contribution in [1.29, 1.82) is 0 Å². The molecule has 13 heavy (non-hydrogen) atoms. The van der Waals surface area contributed by atoms with E-state index >= 15 is 0 Å². The van der Waals surface area contributed by atoms with Gasteiger partial charge in [-0.2, -0.15) is 10.7 Å². The second kappa shape index (κ2) is 17.8. The Hall–Kier alpha value is -0.160. The van der Waals surface area contributed by atoms with E-state index < -0.39 is 0 Å². The van der Waals surface area contributed by atoms with Gasteiger partial charge in [0.2, 0.25) is 0 Å². The van der Waals surface area contributed by atoms with E-state index in [-0.39, 0.29) is 0 Å². The third kappa shape index (κ3) is 11.8. The van der Waals surface area contributed by atoms with E-state index in [1.807, 2.05) is 65.8 Å². The van der Waals surface area contributed by atoms with Crippen LogP contribution >= 0.6 is 0 Å². The van der Waals surface area contributed by atoms with Crippen molar-refractivity contribution in [1.82, 2.24) is 21.1 Å². The maximum absolute atomic E-state index is 2.92. The van der Waals surface area contributed by atoms with Crippen molar-refractivity contribution < 1.29 is 0 Å². The molecule has 0 atom stereocenters. The van der Waals surface area contributed by atoms with Crippen molar-refractivity contribution in [3.05, 3.63) is 0 Å². The Kier molecular flexibility index (Phi) is 25.5. The van der Waals surface area contributed by atoms with Crippen LogP contribution in [0, 0.1) is 0 Å². The van der Waals surface area contributed by atoms with E-state index in [9.17, 15) is 0 Å². The zero-order valence-corrected chi connectivity index (χ0v) is 10.6. The fourth-order valence-electron chi connectivity index (χ4n) is 0.456. The fraction of sp³-hybridized carbons (Fsp3) is 1.00. The van der Waals surface area contributed by atoms with Gasteiger partial charge in [-0.05, 0) is 0 Å². The van der Waals surface area contributed by atoms with Gasteiger partial charge in [-0.3, -0.25) is 0 Å². The van der Waals surface area contributed by atoms with Crippen LogP contribution in [0.15, 0.2) is 0 Å². The molecule has 0 aliphatic carbocycles. The lowest BCUT2D eigenvalue weighted by Gasteiger charge is -2.14. The summed E-state index contributed by atoms with van der Waals surface area (Å²) in [5, 5.41) is 3.89. The molecule has 1 aliphatic rings. The highest BCUT2D eigenvalue weighted by molar-refractivity contribution is 4.43. The van der Waals surface area contributed by atoms with Crippen LogP contribution in [0.3, 0.4) is 0 Å². The van der Waals surface area contributed by atoms with E-state index in [1.54, 1.807) is 0 Å². The first-order valence-electron chi connectivity index (χ1n) is 5.24. The molecule has 0 bridgehead atoms. The summed E-state index contributed by atoms with van der Waals surface area (Å²) < 4.78 is 0. The predicted molar refractivity (Wildman–Crippen MR) is 60.7 cm³/mol. The molecule has 0 aromatic heterocycles. The van der Waals surface area contributed by atoms with Gasteiger partial charge in [-0.15, -0.1) is 0 Å². The van der Waals surface area contributed by atoms with Crippen LogP contribution < -0.4 is 11.0 Å². The molecular formula is C9H28N4. The second-order valence-electron chi connectivity index (χ2n) is 1.63. The summed E-state index contributed by atoms with van der Waals surface area (Å²) in [6.07, 6.45) is 0. The Labute approximate surface area is 84.2 Å². The molecule has 2 N–H and O–H groups in total. The predicted octanol–water partition coefficient (Wildman–Crippen LogP) is 1.82. The van der Waals surface area contributed by atoms with E-state index in [4.69, 9.17) is 0 Å². The van der Waals surface area contributed by atoms with E-state index in [2.05, 4.69) is 11.0 Å². The molecular weight excluding hydrogens is 164 g/mol. The lowest BCUT2D eigenvalue weighted by molar-refractivity contribution is 0.0439. The SMILES string of the molecule is CC.CC.CC.CN1CNNN1C. The van der Waals surface area contributed by atoms with Crippen LogP contribution in [0.5, 0.6) is 0 Å². The third-order valence-corrected chi connectivity index (χ3v) is 1.06. The first-order chi connectivity index (χ1) is 6.30. The summed E-state index contributed by atoms with van der Waals surface area (Å²) in [6, 6.07) is 0. The zero-order valence-electron chi connectivity index (χ0n) is 10.6. The van der Waals surface area contributed by atoms with Gasteiger partial charge in [0.15, 0.2) is 0 Å². The smallest absolute Gasteiger partial charge is 0.0778 e. The fourth-order valence-corrected chi connectivity index (χ4v) is 0.456. The molecule has 4 heteroatoms. The van der Waals surface area contributed by atoms with Crippen LogP contribution in [0.1, 0.15) is 41.5 Å². The Bertz CT molecular complexity index is 60.6.